The predicted molar refractivity (Wildman–Crippen MR) is 117 cm³/mol. The molecule has 0 fully saturated rings. The average Bonchev–Trinajstić information content (AvgIpc) is 2.75. The van der Waals surface area contributed by atoms with Gasteiger partial charge in [0.1, 0.15) is 6.17 Å². The van der Waals surface area contributed by atoms with Crippen LogP contribution < -0.4 is 10.6 Å². The molecule has 3 N–H and O–H groups in total. The molecule has 0 aromatic heterocycles. The molecular weight excluding hydrogens is 402 g/mol. The minimum Gasteiger partial charge on any atom is -0.478 e. The van der Waals surface area contributed by atoms with E-state index in [9.17, 15) is 14.7 Å². The lowest BCUT2D eigenvalue weighted by Crippen LogP contribution is -2.52. The number of anilines is 1. The topological polar surface area (TPSA) is 81.7 Å². The summed E-state index contributed by atoms with van der Waals surface area (Å²) in [6, 6.07) is 14.1. The minimum atomic E-state index is -1.06. The Bertz CT molecular complexity index is 1090. The molecule has 1 unspecified atom stereocenters. The van der Waals surface area contributed by atoms with Crippen molar-refractivity contribution < 1.29 is 14.7 Å². The standard InChI is InChI=1S/C23H20ClN3O3/c1-14(25-19-10-9-16(24)12-18(19)23(29)30)17-8-5-11-27-21(28)13-20(26-22(17)27)15-6-3-2-4-7-15/h2-14,22,25-26H,1H3,(H,29,30)/t14-,22?/m1/s1. The van der Waals surface area contributed by atoms with E-state index in [1.807, 2.05) is 49.4 Å². The average molecular weight is 422 g/mol. The highest BCUT2D eigenvalue weighted by molar-refractivity contribution is 6.31. The van der Waals surface area contributed by atoms with Crippen LogP contribution in [0.1, 0.15) is 22.8 Å². The van der Waals surface area contributed by atoms with Crippen LogP contribution >= 0.6 is 11.6 Å². The number of aromatic carboxylic acids is 1. The number of rotatable bonds is 5. The van der Waals surface area contributed by atoms with Gasteiger partial charge in [0.2, 0.25) is 0 Å². The molecule has 2 aliphatic heterocycles. The van der Waals surface area contributed by atoms with Crippen molar-refractivity contribution >= 4 is 34.9 Å². The molecule has 0 saturated heterocycles. The summed E-state index contributed by atoms with van der Waals surface area (Å²) in [6.45, 7) is 1.93. The lowest BCUT2D eigenvalue weighted by molar-refractivity contribution is -0.125. The molecule has 2 aromatic rings. The number of hydrogen-bond donors (Lipinski definition) is 3. The number of allylic oxidation sites excluding steroid dienone is 2. The number of nitrogens with one attached hydrogen (secondary N) is 2. The van der Waals surface area contributed by atoms with E-state index >= 15 is 0 Å². The summed E-state index contributed by atoms with van der Waals surface area (Å²) in [7, 11) is 0. The van der Waals surface area contributed by atoms with Crippen molar-refractivity contribution in [1.29, 1.82) is 0 Å². The number of benzene rings is 2. The highest BCUT2D eigenvalue weighted by Crippen LogP contribution is 2.29. The van der Waals surface area contributed by atoms with Gasteiger partial charge in [-0.25, -0.2) is 4.79 Å². The van der Waals surface area contributed by atoms with Crippen LogP contribution in [0.5, 0.6) is 0 Å². The van der Waals surface area contributed by atoms with Gasteiger partial charge in [0, 0.05) is 34.7 Å². The number of halogens is 1. The quantitative estimate of drug-likeness (QED) is 0.677. The second-order valence-corrected chi connectivity index (χ2v) is 7.52. The Balaban J connectivity index is 1.61. The van der Waals surface area contributed by atoms with Gasteiger partial charge in [0.15, 0.2) is 0 Å². The summed E-state index contributed by atoms with van der Waals surface area (Å²) in [5.41, 5.74) is 3.12. The first-order valence-corrected chi connectivity index (χ1v) is 9.85. The maximum Gasteiger partial charge on any atom is 0.337 e. The molecule has 0 spiro atoms. The summed E-state index contributed by atoms with van der Waals surface area (Å²) in [5.74, 6) is -1.18. The fourth-order valence-corrected chi connectivity index (χ4v) is 3.80. The smallest absolute Gasteiger partial charge is 0.337 e. The number of carbonyl (C=O) groups is 2. The SMILES string of the molecule is C[C@@H](Nc1ccc(Cl)cc1C(=O)O)C1=CC=CN2C(=O)C=C(c3ccccc3)NC12. The molecule has 6 nitrogen and oxygen atoms in total. The third-order valence-corrected chi connectivity index (χ3v) is 5.35. The van der Waals surface area contributed by atoms with Crippen LogP contribution in [0.15, 0.2) is 78.5 Å². The van der Waals surface area contributed by atoms with E-state index in [1.165, 1.54) is 6.07 Å². The minimum absolute atomic E-state index is 0.0932. The van der Waals surface area contributed by atoms with Gasteiger partial charge in [-0.2, -0.15) is 0 Å². The lowest BCUT2D eigenvalue weighted by Gasteiger charge is -2.39. The van der Waals surface area contributed by atoms with Gasteiger partial charge in [0.25, 0.3) is 5.91 Å². The molecule has 2 heterocycles. The molecule has 152 valence electrons. The zero-order valence-corrected chi connectivity index (χ0v) is 16.9. The Kier molecular flexibility index (Phi) is 5.33. The molecule has 2 aliphatic rings. The van der Waals surface area contributed by atoms with Crippen molar-refractivity contribution in [2.75, 3.05) is 5.32 Å². The van der Waals surface area contributed by atoms with Crippen LogP contribution in [0.4, 0.5) is 5.69 Å². The molecule has 0 bridgehead atoms. The summed E-state index contributed by atoms with van der Waals surface area (Å²) < 4.78 is 0. The Morgan fingerprint density at radius 1 is 1.23 bits per heavy atom. The van der Waals surface area contributed by atoms with Gasteiger partial charge in [-0.15, -0.1) is 0 Å². The number of amides is 1. The Labute approximate surface area is 179 Å². The van der Waals surface area contributed by atoms with Gasteiger partial charge in [-0.1, -0.05) is 48.0 Å². The molecule has 0 aliphatic carbocycles. The molecule has 0 radical (unpaired) electrons. The van der Waals surface area contributed by atoms with Gasteiger partial charge in [-0.05, 0) is 42.3 Å². The Hall–Kier alpha value is -3.51. The van der Waals surface area contributed by atoms with Crippen LogP contribution in [0.3, 0.4) is 0 Å². The molecule has 2 aromatic carbocycles. The van der Waals surface area contributed by atoms with E-state index in [1.54, 1.807) is 29.3 Å². The van der Waals surface area contributed by atoms with Gasteiger partial charge in [-0.3, -0.25) is 9.69 Å². The molecular formula is C23H20ClN3O3. The van der Waals surface area contributed by atoms with Crippen molar-refractivity contribution in [3.8, 4) is 0 Å². The number of carboxylic acids is 1. The van der Waals surface area contributed by atoms with Crippen molar-refractivity contribution in [1.82, 2.24) is 10.2 Å². The first kappa shape index (κ1) is 19.8. The fourth-order valence-electron chi connectivity index (χ4n) is 3.63. The number of carbonyl (C=O) groups excluding carboxylic acids is 1. The van der Waals surface area contributed by atoms with E-state index in [2.05, 4.69) is 10.6 Å². The Morgan fingerprint density at radius 3 is 2.73 bits per heavy atom. The lowest BCUT2D eigenvalue weighted by atomic mass is 9.98. The first-order chi connectivity index (χ1) is 14.4. The second-order valence-electron chi connectivity index (χ2n) is 7.09. The van der Waals surface area contributed by atoms with Gasteiger partial charge >= 0.3 is 5.97 Å². The largest absolute Gasteiger partial charge is 0.478 e. The van der Waals surface area contributed by atoms with Crippen LogP contribution in [-0.4, -0.2) is 34.1 Å². The second kappa shape index (κ2) is 8.08. The monoisotopic (exact) mass is 421 g/mol. The normalized spacial score (nSPS) is 18.7. The maximum atomic E-state index is 12.7. The zero-order valence-electron chi connectivity index (χ0n) is 16.2. The van der Waals surface area contributed by atoms with Crippen molar-refractivity contribution in [3.63, 3.8) is 0 Å². The number of fused-ring (bicyclic) bond motifs is 1. The fraction of sp³-hybridized carbons (Fsp3) is 0.130. The van der Waals surface area contributed by atoms with Crippen LogP contribution in [-0.2, 0) is 4.79 Å². The van der Waals surface area contributed by atoms with Gasteiger partial charge < -0.3 is 15.7 Å². The predicted octanol–water partition coefficient (Wildman–Crippen LogP) is 4.09. The third kappa shape index (κ3) is 3.82. The third-order valence-electron chi connectivity index (χ3n) is 5.11. The molecule has 2 atom stereocenters. The van der Waals surface area contributed by atoms with Crippen molar-refractivity contribution in [2.45, 2.75) is 19.1 Å². The summed E-state index contributed by atoms with van der Waals surface area (Å²) >= 11 is 5.96. The number of carboxylic acid groups (broad SMARTS) is 1. The number of nitrogens with zero attached hydrogens (tertiary/aromatic N) is 1. The maximum absolute atomic E-state index is 12.7. The van der Waals surface area contributed by atoms with Crippen LogP contribution in [0.2, 0.25) is 5.02 Å². The van der Waals surface area contributed by atoms with Crippen LogP contribution in [0, 0.1) is 0 Å². The molecule has 7 heteroatoms. The van der Waals surface area contributed by atoms with Crippen LogP contribution in [0.25, 0.3) is 5.70 Å². The molecule has 4 rings (SSSR count). The van der Waals surface area contributed by atoms with E-state index in [-0.39, 0.29) is 23.7 Å². The Morgan fingerprint density at radius 2 is 2.00 bits per heavy atom. The van der Waals surface area contributed by atoms with Crippen molar-refractivity contribution in [3.05, 3.63) is 94.7 Å². The number of hydrogen-bond acceptors (Lipinski definition) is 4. The van der Waals surface area contributed by atoms with E-state index in [4.69, 9.17) is 11.6 Å². The van der Waals surface area contributed by atoms with E-state index in [0.29, 0.717) is 10.7 Å². The molecule has 0 saturated carbocycles. The highest BCUT2D eigenvalue weighted by atomic mass is 35.5. The summed E-state index contributed by atoms with van der Waals surface area (Å²) in [5, 5.41) is 16.5. The summed E-state index contributed by atoms with van der Waals surface area (Å²) in [4.78, 5) is 26.0. The molecule has 30 heavy (non-hydrogen) atoms. The van der Waals surface area contributed by atoms with E-state index in [0.717, 1.165) is 16.8 Å². The molecule has 1 amide bonds. The van der Waals surface area contributed by atoms with E-state index < -0.39 is 5.97 Å². The highest BCUT2D eigenvalue weighted by Gasteiger charge is 2.33. The van der Waals surface area contributed by atoms with Crippen molar-refractivity contribution in [2.24, 2.45) is 0 Å². The summed E-state index contributed by atoms with van der Waals surface area (Å²) in [6.07, 6.45) is 6.68. The first-order valence-electron chi connectivity index (χ1n) is 9.47. The zero-order chi connectivity index (χ0) is 21.3. The van der Waals surface area contributed by atoms with Gasteiger partial charge in [0.05, 0.1) is 5.56 Å².